The number of nitrogens with zero attached hydrogens (tertiary/aromatic N) is 3. The molecule has 1 unspecified atom stereocenters. The smallest absolute Gasteiger partial charge is 0.262 e. The number of amides is 2. The molecule has 2 amide bonds. The van der Waals surface area contributed by atoms with Gasteiger partial charge in [-0.05, 0) is 18.2 Å². The monoisotopic (exact) mass is 467 g/mol. The molecule has 1 aliphatic rings. The summed E-state index contributed by atoms with van der Waals surface area (Å²) in [7, 11) is 4.80. The van der Waals surface area contributed by atoms with E-state index in [-0.39, 0.29) is 30.3 Å². The molecule has 34 heavy (non-hydrogen) atoms. The van der Waals surface area contributed by atoms with Gasteiger partial charge in [-0.15, -0.1) is 0 Å². The average molecular weight is 468 g/mol. The van der Waals surface area contributed by atoms with E-state index in [4.69, 9.17) is 19.3 Å². The fraction of sp³-hybridized carbons (Fsp3) is 0.423. The highest BCUT2D eigenvalue weighted by molar-refractivity contribution is 6.03. The molecule has 2 aromatic rings. The summed E-state index contributed by atoms with van der Waals surface area (Å²) >= 11 is 0. The largest absolute Gasteiger partial charge is 0.497 e. The molecule has 0 radical (unpaired) electrons. The van der Waals surface area contributed by atoms with Crippen molar-refractivity contribution in [1.82, 2.24) is 9.91 Å². The molecule has 0 aliphatic carbocycles. The Labute approximate surface area is 201 Å². The topological polar surface area (TPSA) is 80.7 Å². The normalized spacial score (nSPS) is 15.3. The summed E-state index contributed by atoms with van der Waals surface area (Å²) in [4.78, 5) is 27.8. The lowest BCUT2D eigenvalue weighted by Crippen LogP contribution is -2.44. The van der Waals surface area contributed by atoms with E-state index >= 15 is 0 Å². The fourth-order valence-corrected chi connectivity index (χ4v) is 3.97. The van der Waals surface area contributed by atoms with Gasteiger partial charge in [0.05, 0.1) is 32.6 Å². The van der Waals surface area contributed by atoms with Crippen LogP contribution in [-0.2, 0) is 14.3 Å². The highest BCUT2D eigenvalue weighted by Gasteiger charge is 2.36. The highest BCUT2D eigenvalue weighted by atomic mass is 16.5. The molecule has 8 nitrogen and oxygen atoms in total. The summed E-state index contributed by atoms with van der Waals surface area (Å²) in [6.45, 7) is 4.23. The molecule has 1 atom stereocenters. The van der Waals surface area contributed by atoms with Gasteiger partial charge in [0.2, 0.25) is 5.91 Å². The third-order valence-electron chi connectivity index (χ3n) is 5.76. The third-order valence-corrected chi connectivity index (χ3v) is 5.76. The van der Waals surface area contributed by atoms with Gasteiger partial charge in [-0.1, -0.05) is 44.2 Å². The Hall–Kier alpha value is -3.39. The molecule has 1 aliphatic heterocycles. The zero-order valence-electron chi connectivity index (χ0n) is 20.5. The lowest BCUT2D eigenvalue weighted by Gasteiger charge is -2.28. The second kappa shape index (κ2) is 11.7. The summed E-state index contributed by atoms with van der Waals surface area (Å²) in [6.07, 6.45) is 0.509. The Morgan fingerprint density at radius 3 is 2.53 bits per heavy atom. The molecule has 0 saturated carbocycles. The molecule has 0 bridgehead atoms. The quantitative estimate of drug-likeness (QED) is 0.534. The molecule has 0 aromatic heterocycles. The van der Waals surface area contributed by atoms with E-state index in [1.54, 1.807) is 21.3 Å². The minimum atomic E-state index is -0.358. The van der Waals surface area contributed by atoms with Gasteiger partial charge in [-0.2, -0.15) is 5.10 Å². The van der Waals surface area contributed by atoms with Crippen LogP contribution >= 0.6 is 0 Å². The Kier molecular flexibility index (Phi) is 8.65. The van der Waals surface area contributed by atoms with Gasteiger partial charge in [0.15, 0.2) is 0 Å². The summed E-state index contributed by atoms with van der Waals surface area (Å²) in [6, 6.07) is 14.9. The Morgan fingerprint density at radius 2 is 1.85 bits per heavy atom. The number of hydrazone groups is 1. The lowest BCUT2D eigenvalue weighted by molar-refractivity contribution is -0.143. The van der Waals surface area contributed by atoms with Gasteiger partial charge in [0, 0.05) is 37.1 Å². The predicted molar refractivity (Wildman–Crippen MR) is 130 cm³/mol. The number of carbonyl (C=O) groups is 2. The van der Waals surface area contributed by atoms with Crippen molar-refractivity contribution in [3.63, 3.8) is 0 Å². The van der Waals surface area contributed by atoms with Crippen LogP contribution in [0.25, 0.3) is 0 Å². The highest BCUT2D eigenvalue weighted by Crippen LogP contribution is 2.37. The van der Waals surface area contributed by atoms with E-state index in [0.29, 0.717) is 31.1 Å². The van der Waals surface area contributed by atoms with Crippen LogP contribution in [0.15, 0.2) is 53.6 Å². The minimum Gasteiger partial charge on any atom is -0.497 e. The number of rotatable bonds is 10. The number of carbonyl (C=O) groups excluding carboxylic acids is 2. The maximum Gasteiger partial charge on any atom is 0.262 e. The summed E-state index contributed by atoms with van der Waals surface area (Å²) in [5.74, 6) is 0.799. The maximum absolute atomic E-state index is 13.5. The summed E-state index contributed by atoms with van der Waals surface area (Å²) in [5, 5.41) is 6.21. The summed E-state index contributed by atoms with van der Waals surface area (Å²) in [5.41, 5.74) is 2.50. The average Bonchev–Trinajstić information content (AvgIpc) is 3.31. The molecule has 0 saturated heterocycles. The minimum absolute atomic E-state index is 0.0824. The van der Waals surface area contributed by atoms with Crippen molar-refractivity contribution in [3.8, 4) is 11.5 Å². The number of benzene rings is 2. The fourth-order valence-electron chi connectivity index (χ4n) is 3.97. The molecule has 182 valence electrons. The van der Waals surface area contributed by atoms with Crippen LogP contribution in [0.5, 0.6) is 11.5 Å². The van der Waals surface area contributed by atoms with E-state index in [0.717, 1.165) is 16.8 Å². The maximum atomic E-state index is 13.5. The molecule has 0 N–H and O–H groups in total. The Morgan fingerprint density at radius 1 is 1.09 bits per heavy atom. The molecule has 0 fully saturated rings. The molecule has 1 heterocycles. The second-order valence-electron chi connectivity index (χ2n) is 8.39. The van der Waals surface area contributed by atoms with Crippen molar-refractivity contribution in [2.45, 2.75) is 26.3 Å². The number of methoxy groups -OCH3 is 3. The number of para-hydroxylation sites is 1. The van der Waals surface area contributed by atoms with Gasteiger partial charge >= 0.3 is 0 Å². The SMILES string of the molecule is COCCN(CC(=O)N1N=C(c2cccc(OC)c2)CC1c1ccccc1OC)C(=O)C(C)C. The van der Waals surface area contributed by atoms with E-state index < -0.39 is 0 Å². The third kappa shape index (κ3) is 5.75. The number of hydrogen-bond donors (Lipinski definition) is 0. The van der Waals surface area contributed by atoms with Crippen LogP contribution < -0.4 is 9.47 Å². The van der Waals surface area contributed by atoms with E-state index in [1.807, 2.05) is 62.4 Å². The molecule has 2 aromatic carbocycles. The van der Waals surface area contributed by atoms with Gasteiger partial charge < -0.3 is 19.1 Å². The van der Waals surface area contributed by atoms with Crippen molar-refractivity contribution >= 4 is 17.5 Å². The Bertz CT molecular complexity index is 1040. The number of hydrogen-bond acceptors (Lipinski definition) is 6. The van der Waals surface area contributed by atoms with Crippen molar-refractivity contribution in [1.29, 1.82) is 0 Å². The van der Waals surface area contributed by atoms with Crippen LogP contribution in [0.4, 0.5) is 0 Å². The van der Waals surface area contributed by atoms with Crippen LogP contribution in [0.1, 0.15) is 37.4 Å². The van der Waals surface area contributed by atoms with Crippen molar-refractivity contribution < 1.29 is 23.8 Å². The van der Waals surface area contributed by atoms with Gasteiger partial charge in [0.1, 0.15) is 18.0 Å². The van der Waals surface area contributed by atoms with Gasteiger partial charge in [-0.3, -0.25) is 9.59 Å². The molecular weight excluding hydrogens is 434 g/mol. The molecular formula is C26H33N3O5. The van der Waals surface area contributed by atoms with Crippen molar-refractivity contribution in [2.75, 3.05) is 41.0 Å². The first kappa shape index (κ1) is 25.2. The first-order chi connectivity index (χ1) is 16.4. The zero-order valence-corrected chi connectivity index (χ0v) is 20.5. The molecule has 0 spiro atoms. The number of ether oxygens (including phenoxy) is 3. The zero-order chi connectivity index (χ0) is 24.7. The first-order valence-electron chi connectivity index (χ1n) is 11.3. The first-order valence-corrected chi connectivity index (χ1v) is 11.3. The lowest BCUT2D eigenvalue weighted by atomic mass is 9.97. The molecule has 8 heteroatoms. The summed E-state index contributed by atoms with van der Waals surface area (Å²) < 4.78 is 16.1. The van der Waals surface area contributed by atoms with E-state index in [1.165, 1.54) is 9.91 Å². The second-order valence-corrected chi connectivity index (χ2v) is 8.39. The van der Waals surface area contributed by atoms with Crippen LogP contribution in [0, 0.1) is 5.92 Å². The predicted octanol–water partition coefficient (Wildman–Crippen LogP) is 3.51. The van der Waals surface area contributed by atoms with Crippen LogP contribution in [0.2, 0.25) is 0 Å². The molecule has 3 rings (SSSR count). The van der Waals surface area contributed by atoms with Crippen molar-refractivity contribution in [3.05, 3.63) is 59.7 Å². The van der Waals surface area contributed by atoms with E-state index in [2.05, 4.69) is 0 Å². The van der Waals surface area contributed by atoms with Gasteiger partial charge in [-0.25, -0.2) is 5.01 Å². The van der Waals surface area contributed by atoms with E-state index in [9.17, 15) is 9.59 Å². The van der Waals surface area contributed by atoms with Crippen molar-refractivity contribution in [2.24, 2.45) is 11.0 Å². The standard InChI is InChI=1S/C26H33N3O5/c1-18(2)26(31)28(13-14-32-3)17-25(30)29-23(21-11-6-7-12-24(21)34-5)16-22(27-29)19-9-8-10-20(15-19)33-4/h6-12,15,18,23H,13-14,16-17H2,1-5H3. The van der Waals surface area contributed by atoms with Gasteiger partial charge in [0.25, 0.3) is 5.91 Å². The Balaban J connectivity index is 1.96. The van der Waals surface area contributed by atoms with Crippen LogP contribution in [0.3, 0.4) is 0 Å². The van der Waals surface area contributed by atoms with Crippen LogP contribution in [-0.4, -0.2) is 68.5 Å².